The number of allylic oxidation sites excluding steroid dienone is 1. The van der Waals surface area contributed by atoms with Gasteiger partial charge in [0, 0.05) is 5.66 Å². The van der Waals surface area contributed by atoms with Crippen LogP contribution in [0.5, 0.6) is 0 Å². The van der Waals surface area contributed by atoms with Gasteiger partial charge >= 0.3 is 0 Å². The summed E-state index contributed by atoms with van der Waals surface area (Å²) >= 11 is 0. The topological polar surface area (TPSA) is 0 Å². The van der Waals surface area contributed by atoms with E-state index >= 15 is 0 Å². The van der Waals surface area contributed by atoms with E-state index in [0.717, 1.165) is 8.58 Å². The fourth-order valence-corrected chi connectivity index (χ4v) is 2.90. The zero-order valence-electron chi connectivity index (χ0n) is 9.28. The second-order valence-corrected chi connectivity index (χ2v) is 4.96. The molecule has 0 bridgehead atoms. The molecule has 0 N–H and O–H groups in total. The molecule has 15 heavy (non-hydrogen) atoms. The number of hydrogen-bond donors (Lipinski definition) is 0. The Labute approximate surface area is 101 Å². The van der Waals surface area contributed by atoms with E-state index in [9.17, 15) is 0 Å². The van der Waals surface area contributed by atoms with Crippen LogP contribution in [0.15, 0.2) is 43.0 Å². The van der Waals surface area contributed by atoms with Gasteiger partial charge in [-0.25, -0.2) is 0 Å². The lowest BCUT2D eigenvalue weighted by molar-refractivity contribution is 0.891. The second kappa shape index (κ2) is 8.95. The summed E-state index contributed by atoms with van der Waals surface area (Å²) < 4.78 is 0. The predicted octanol–water partition coefficient (Wildman–Crippen LogP) is 4.81. The molecule has 0 spiro atoms. The van der Waals surface area contributed by atoms with Gasteiger partial charge in [0.25, 0.3) is 0 Å². The molecule has 0 aliphatic heterocycles. The van der Waals surface area contributed by atoms with Crippen LogP contribution in [-0.4, -0.2) is 6.16 Å². The number of hydrogen-bond acceptors (Lipinski definition) is 0. The molecule has 0 amide bonds. The summed E-state index contributed by atoms with van der Waals surface area (Å²) in [4.78, 5) is 0. The van der Waals surface area contributed by atoms with Gasteiger partial charge in [0.1, 0.15) is 0 Å². The number of unbranched alkanes of at least 4 members (excludes halogenated alkanes) is 1. The summed E-state index contributed by atoms with van der Waals surface area (Å²) in [7, 11) is 0.990. The van der Waals surface area contributed by atoms with Crippen LogP contribution in [-0.2, 0) is 0 Å². The molecular weight excluding hydrogens is 223 g/mol. The van der Waals surface area contributed by atoms with Crippen molar-refractivity contribution in [3.63, 3.8) is 0 Å². The molecule has 0 saturated heterocycles. The fourth-order valence-electron chi connectivity index (χ4n) is 1.43. The molecule has 2 heteroatoms. The minimum Gasteiger partial charge on any atom is -0.147 e. The second-order valence-electron chi connectivity index (χ2n) is 3.43. The van der Waals surface area contributed by atoms with Crippen LogP contribution in [0.3, 0.4) is 0 Å². The van der Waals surface area contributed by atoms with Crippen molar-refractivity contribution in [3.8, 4) is 0 Å². The Hall–Kier alpha value is -0.320. The Morgan fingerprint density at radius 1 is 1.33 bits per heavy atom. The highest BCUT2D eigenvalue weighted by molar-refractivity contribution is 7.38. The van der Waals surface area contributed by atoms with E-state index in [4.69, 9.17) is 0 Å². The molecule has 0 aromatic heterocycles. The van der Waals surface area contributed by atoms with Gasteiger partial charge in [0.15, 0.2) is 0 Å². The summed E-state index contributed by atoms with van der Waals surface area (Å²) in [5.74, 6) is 0. The van der Waals surface area contributed by atoms with E-state index in [1.165, 1.54) is 24.6 Å². The third-order valence-corrected chi connectivity index (χ3v) is 3.94. The maximum absolute atomic E-state index is 3.92. The smallest absolute Gasteiger partial charge is 0.0189 e. The normalized spacial score (nSPS) is 12.3. The predicted molar refractivity (Wildman–Crippen MR) is 74.7 cm³/mol. The lowest BCUT2D eigenvalue weighted by Gasteiger charge is -2.12. The van der Waals surface area contributed by atoms with Gasteiger partial charge in [-0.05, 0) is 18.1 Å². The van der Waals surface area contributed by atoms with E-state index in [1.54, 1.807) is 0 Å². The molecule has 0 radical (unpaired) electrons. The average molecular weight is 243 g/mol. The van der Waals surface area contributed by atoms with Crippen LogP contribution in [0.25, 0.3) is 0 Å². The van der Waals surface area contributed by atoms with Crippen LogP contribution >= 0.6 is 21.0 Å². The lowest BCUT2D eigenvalue weighted by Crippen LogP contribution is -1.88. The Bertz CT molecular complexity index is 258. The molecule has 0 aliphatic rings. The Morgan fingerprint density at radius 3 is 2.53 bits per heavy atom. The Kier molecular flexibility index (Phi) is 8.76. The van der Waals surface area contributed by atoms with Crippen molar-refractivity contribution >= 4 is 21.0 Å². The molecule has 0 aliphatic carbocycles. The minimum atomic E-state index is 0. The minimum absolute atomic E-state index is 0. The molecule has 0 nitrogen and oxygen atoms in total. The number of rotatable bonds is 6. The van der Waals surface area contributed by atoms with E-state index in [-0.39, 0.29) is 12.4 Å². The largest absolute Gasteiger partial charge is 0.147 e. The van der Waals surface area contributed by atoms with Crippen LogP contribution in [0, 0.1) is 0 Å². The molecule has 1 aromatic carbocycles. The average Bonchev–Trinajstić information content (AvgIpc) is 2.26. The van der Waals surface area contributed by atoms with E-state index in [2.05, 4.69) is 49.9 Å². The van der Waals surface area contributed by atoms with Gasteiger partial charge < -0.3 is 0 Å². The first-order valence-corrected chi connectivity index (χ1v) is 6.57. The molecule has 84 valence electrons. The van der Waals surface area contributed by atoms with Gasteiger partial charge in [-0.1, -0.05) is 49.8 Å². The van der Waals surface area contributed by atoms with E-state index < -0.39 is 0 Å². The van der Waals surface area contributed by atoms with Crippen molar-refractivity contribution in [2.24, 2.45) is 0 Å². The van der Waals surface area contributed by atoms with Crippen molar-refractivity contribution in [2.45, 2.75) is 25.4 Å². The molecule has 2 unspecified atom stereocenters. The van der Waals surface area contributed by atoms with Crippen molar-refractivity contribution in [2.75, 3.05) is 6.16 Å². The molecule has 0 heterocycles. The van der Waals surface area contributed by atoms with Gasteiger partial charge in [0.05, 0.1) is 0 Å². The molecule has 1 aromatic rings. The van der Waals surface area contributed by atoms with E-state index in [1.807, 2.05) is 0 Å². The van der Waals surface area contributed by atoms with Gasteiger partial charge in [-0.15, -0.1) is 27.6 Å². The first kappa shape index (κ1) is 14.7. The summed E-state index contributed by atoms with van der Waals surface area (Å²) in [6, 6.07) is 10.7. The van der Waals surface area contributed by atoms with Crippen LogP contribution < -0.4 is 0 Å². The highest BCUT2D eigenvalue weighted by atomic mass is 35.5. The van der Waals surface area contributed by atoms with Crippen LogP contribution in [0.1, 0.15) is 31.0 Å². The SMILES string of the molecule is C=CC(PCCCC)c1ccccc1.Cl. The van der Waals surface area contributed by atoms with Crippen LogP contribution in [0.4, 0.5) is 0 Å². The van der Waals surface area contributed by atoms with Crippen LogP contribution in [0.2, 0.25) is 0 Å². The lowest BCUT2D eigenvalue weighted by atomic mass is 10.1. The number of benzene rings is 1. The number of halogens is 1. The summed E-state index contributed by atoms with van der Waals surface area (Å²) in [6.07, 6.45) is 6.06. The van der Waals surface area contributed by atoms with Crippen molar-refractivity contribution in [1.82, 2.24) is 0 Å². The standard InChI is InChI=1S/C13H19P.ClH/c1-3-5-11-14-13(4-2)12-9-7-6-8-10-12;/h4,6-10,13-14H,2-3,5,11H2,1H3;1H. The van der Waals surface area contributed by atoms with Crippen molar-refractivity contribution < 1.29 is 0 Å². The third-order valence-electron chi connectivity index (χ3n) is 2.29. The molecule has 2 atom stereocenters. The molecular formula is C13H20ClP. The van der Waals surface area contributed by atoms with Gasteiger partial charge in [-0.2, -0.15) is 0 Å². The molecule has 1 rings (SSSR count). The monoisotopic (exact) mass is 242 g/mol. The van der Waals surface area contributed by atoms with E-state index in [0.29, 0.717) is 5.66 Å². The first-order valence-electron chi connectivity index (χ1n) is 5.29. The quantitative estimate of drug-likeness (QED) is 0.381. The zero-order chi connectivity index (χ0) is 10.2. The van der Waals surface area contributed by atoms with Crippen molar-refractivity contribution in [1.29, 1.82) is 0 Å². The Balaban J connectivity index is 0.00000196. The molecule has 0 saturated carbocycles. The summed E-state index contributed by atoms with van der Waals surface area (Å²) in [5.41, 5.74) is 1.99. The molecule has 0 fully saturated rings. The highest BCUT2D eigenvalue weighted by Crippen LogP contribution is 2.35. The Morgan fingerprint density at radius 2 is 2.00 bits per heavy atom. The highest BCUT2D eigenvalue weighted by Gasteiger charge is 2.05. The third kappa shape index (κ3) is 5.35. The zero-order valence-corrected chi connectivity index (χ0v) is 11.1. The first-order chi connectivity index (χ1) is 6.88. The summed E-state index contributed by atoms with van der Waals surface area (Å²) in [6.45, 7) is 6.17. The maximum atomic E-state index is 3.92. The van der Waals surface area contributed by atoms with Crippen molar-refractivity contribution in [3.05, 3.63) is 48.6 Å². The maximum Gasteiger partial charge on any atom is 0.0189 e. The van der Waals surface area contributed by atoms with Gasteiger partial charge in [-0.3, -0.25) is 0 Å². The van der Waals surface area contributed by atoms with Gasteiger partial charge in [0.2, 0.25) is 0 Å². The summed E-state index contributed by atoms with van der Waals surface area (Å²) in [5, 5.41) is 0. The fraction of sp³-hybridized carbons (Fsp3) is 0.385.